The lowest BCUT2D eigenvalue weighted by Crippen LogP contribution is -2.47. The van der Waals surface area contributed by atoms with Gasteiger partial charge in [0, 0.05) is 31.7 Å². The SMILES string of the molecule is Cn1c(-c2ccc(C#C[Si](C)(C)C)cc2O)nc2ncc(N[C@@H]3CCCN(C(=O)OC(C)(C)C)C3)cc21. The fraction of sp³-hybridized carbons (Fsp3) is 0.464. The Morgan fingerprint density at radius 2 is 2.00 bits per heavy atom. The zero-order valence-electron chi connectivity index (χ0n) is 22.8. The van der Waals surface area contributed by atoms with Gasteiger partial charge in [0.1, 0.15) is 25.2 Å². The van der Waals surface area contributed by atoms with Crippen molar-refractivity contribution in [3.63, 3.8) is 0 Å². The summed E-state index contributed by atoms with van der Waals surface area (Å²) in [5, 5.41) is 14.3. The zero-order chi connectivity index (χ0) is 27.0. The molecule has 196 valence electrons. The summed E-state index contributed by atoms with van der Waals surface area (Å²) in [6.07, 6.45) is 3.34. The van der Waals surface area contributed by atoms with E-state index in [0.717, 1.165) is 29.6 Å². The number of hydrogen-bond acceptors (Lipinski definition) is 6. The fourth-order valence-electron chi connectivity index (χ4n) is 4.27. The summed E-state index contributed by atoms with van der Waals surface area (Å²) in [7, 11) is 0.410. The first-order valence-corrected chi connectivity index (χ1v) is 16.2. The van der Waals surface area contributed by atoms with Crippen LogP contribution in [0.2, 0.25) is 19.6 Å². The van der Waals surface area contributed by atoms with E-state index in [2.05, 4.69) is 46.4 Å². The van der Waals surface area contributed by atoms with E-state index in [9.17, 15) is 9.90 Å². The van der Waals surface area contributed by atoms with E-state index in [1.807, 2.05) is 50.6 Å². The maximum Gasteiger partial charge on any atom is 0.410 e. The molecule has 9 heteroatoms. The summed E-state index contributed by atoms with van der Waals surface area (Å²) >= 11 is 0. The van der Waals surface area contributed by atoms with Crippen molar-refractivity contribution >= 4 is 31.0 Å². The number of aromatic nitrogens is 3. The number of carbonyl (C=O) groups excluding carboxylic acids is 1. The summed E-state index contributed by atoms with van der Waals surface area (Å²) in [4.78, 5) is 23.5. The van der Waals surface area contributed by atoms with Gasteiger partial charge in [-0.15, -0.1) is 5.54 Å². The van der Waals surface area contributed by atoms with E-state index in [4.69, 9.17) is 4.74 Å². The third-order valence-corrected chi connectivity index (χ3v) is 6.88. The highest BCUT2D eigenvalue weighted by Gasteiger charge is 2.28. The molecule has 3 aromatic rings. The van der Waals surface area contributed by atoms with Gasteiger partial charge in [-0.3, -0.25) is 0 Å². The molecule has 2 N–H and O–H groups in total. The molecule has 2 aromatic heterocycles. The number of piperidine rings is 1. The Hall–Kier alpha value is -3.51. The van der Waals surface area contributed by atoms with E-state index in [-0.39, 0.29) is 17.9 Å². The first kappa shape index (κ1) is 26.5. The van der Waals surface area contributed by atoms with Crippen LogP contribution < -0.4 is 5.32 Å². The summed E-state index contributed by atoms with van der Waals surface area (Å²) in [5.41, 5.74) is 6.55. The molecule has 3 heterocycles. The Morgan fingerprint density at radius 1 is 1.24 bits per heavy atom. The van der Waals surface area contributed by atoms with E-state index >= 15 is 0 Å². The van der Waals surface area contributed by atoms with E-state index in [0.29, 0.717) is 30.1 Å². The third-order valence-electron chi connectivity index (χ3n) is 6.00. The normalized spacial score (nSPS) is 16.3. The minimum Gasteiger partial charge on any atom is -0.507 e. The van der Waals surface area contributed by atoms with Crippen LogP contribution in [0.15, 0.2) is 30.5 Å². The quantitative estimate of drug-likeness (QED) is 0.356. The van der Waals surface area contributed by atoms with Gasteiger partial charge in [0.15, 0.2) is 5.65 Å². The first-order valence-electron chi connectivity index (χ1n) is 12.7. The molecule has 0 aliphatic carbocycles. The summed E-state index contributed by atoms with van der Waals surface area (Å²) in [6, 6.07) is 7.58. The highest BCUT2D eigenvalue weighted by molar-refractivity contribution is 6.83. The van der Waals surface area contributed by atoms with Crippen LogP contribution in [0.25, 0.3) is 22.6 Å². The number of aromatic hydroxyl groups is 1. The molecule has 0 radical (unpaired) electrons. The van der Waals surface area contributed by atoms with Crippen LogP contribution >= 0.6 is 0 Å². The van der Waals surface area contributed by atoms with E-state index in [1.165, 1.54) is 0 Å². The third kappa shape index (κ3) is 6.63. The highest BCUT2D eigenvalue weighted by atomic mass is 28.3. The van der Waals surface area contributed by atoms with Crippen LogP contribution in [-0.4, -0.2) is 63.4 Å². The number of fused-ring (bicyclic) bond motifs is 1. The first-order chi connectivity index (χ1) is 17.3. The van der Waals surface area contributed by atoms with Crippen LogP contribution in [0.1, 0.15) is 39.2 Å². The number of anilines is 1. The van der Waals surface area contributed by atoms with Gasteiger partial charge in [-0.05, 0) is 57.9 Å². The minimum atomic E-state index is -1.51. The predicted octanol–water partition coefficient (Wildman–Crippen LogP) is 5.38. The smallest absolute Gasteiger partial charge is 0.410 e. The number of hydrogen-bond donors (Lipinski definition) is 2. The van der Waals surface area contributed by atoms with Gasteiger partial charge in [0.05, 0.1) is 23.0 Å². The van der Waals surface area contributed by atoms with Crippen LogP contribution in [0.3, 0.4) is 0 Å². The molecule has 1 aliphatic heterocycles. The number of nitrogens with one attached hydrogen (secondary N) is 1. The lowest BCUT2D eigenvalue weighted by Gasteiger charge is -2.34. The van der Waals surface area contributed by atoms with Gasteiger partial charge >= 0.3 is 6.09 Å². The maximum absolute atomic E-state index is 12.5. The molecule has 0 unspecified atom stereocenters. The molecule has 8 nitrogen and oxygen atoms in total. The second kappa shape index (κ2) is 10.1. The number of aryl methyl sites for hydroxylation is 1. The Balaban J connectivity index is 1.53. The number of amides is 1. The summed E-state index contributed by atoms with van der Waals surface area (Å²) in [5.74, 6) is 3.96. The molecular weight excluding hydrogens is 482 g/mol. The lowest BCUT2D eigenvalue weighted by atomic mass is 10.1. The Morgan fingerprint density at radius 3 is 2.68 bits per heavy atom. The molecule has 0 saturated carbocycles. The van der Waals surface area contributed by atoms with Crippen LogP contribution in [-0.2, 0) is 11.8 Å². The van der Waals surface area contributed by atoms with E-state index < -0.39 is 13.7 Å². The molecule has 1 amide bonds. The number of phenolic OH excluding ortho intramolecular Hbond substituents is 1. The highest BCUT2D eigenvalue weighted by Crippen LogP contribution is 2.32. The number of likely N-dealkylation sites (tertiary alicyclic amines) is 1. The van der Waals surface area contributed by atoms with Crippen LogP contribution in [0.4, 0.5) is 10.5 Å². The maximum atomic E-state index is 12.5. The van der Waals surface area contributed by atoms with Crippen molar-refractivity contribution in [3.8, 4) is 28.6 Å². The fourth-order valence-corrected chi connectivity index (χ4v) is 4.79. The molecule has 1 fully saturated rings. The van der Waals surface area contributed by atoms with Crippen LogP contribution in [0, 0.1) is 11.5 Å². The van der Waals surface area contributed by atoms with Crippen molar-refractivity contribution in [1.82, 2.24) is 19.4 Å². The zero-order valence-corrected chi connectivity index (χ0v) is 23.8. The predicted molar refractivity (Wildman–Crippen MR) is 150 cm³/mol. The van der Waals surface area contributed by atoms with Crippen molar-refractivity contribution in [2.45, 2.75) is 64.9 Å². The van der Waals surface area contributed by atoms with Gasteiger partial charge in [-0.1, -0.05) is 25.6 Å². The van der Waals surface area contributed by atoms with Gasteiger partial charge in [-0.2, -0.15) is 0 Å². The van der Waals surface area contributed by atoms with E-state index in [1.54, 1.807) is 17.2 Å². The average Bonchev–Trinajstić information content (AvgIpc) is 3.12. The van der Waals surface area contributed by atoms with Gasteiger partial charge in [-0.25, -0.2) is 14.8 Å². The number of nitrogens with zero attached hydrogens (tertiary/aromatic N) is 4. The molecule has 0 spiro atoms. The number of pyridine rings is 1. The minimum absolute atomic E-state index is 0.0991. The van der Waals surface area contributed by atoms with Gasteiger partial charge in [0.2, 0.25) is 0 Å². The molecular formula is C28H37N5O3Si. The average molecular weight is 520 g/mol. The number of ether oxygens (including phenoxy) is 1. The number of carbonyl (C=O) groups is 1. The number of rotatable bonds is 3. The molecule has 1 aliphatic rings. The van der Waals surface area contributed by atoms with Crippen molar-refractivity contribution < 1.29 is 14.6 Å². The second-order valence-electron chi connectivity index (χ2n) is 11.7. The van der Waals surface area contributed by atoms with Crippen molar-refractivity contribution in [3.05, 3.63) is 36.0 Å². The number of imidazole rings is 1. The largest absolute Gasteiger partial charge is 0.507 e. The second-order valence-corrected chi connectivity index (χ2v) is 16.5. The Bertz CT molecular complexity index is 1370. The van der Waals surface area contributed by atoms with Crippen LogP contribution in [0.5, 0.6) is 5.75 Å². The standard InChI is InChI=1S/C28H37N5O3Si/c1-28(2,3)36-27(35)33-13-8-9-20(18-33)30-21-16-23-25(29-17-21)31-26(32(23)4)22-11-10-19(15-24(22)34)12-14-37(5,6)7/h10-11,15-17,20,30,34H,8-9,13,18H2,1-7H3/t20-/m1/s1. The summed E-state index contributed by atoms with van der Waals surface area (Å²) < 4.78 is 7.48. The molecule has 1 aromatic carbocycles. The molecule has 1 atom stereocenters. The number of phenols is 1. The topological polar surface area (TPSA) is 92.5 Å². The monoisotopic (exact) mass is 519 g/mol. The van der Waals surface area contributed by atoms with Crippen molar-refractivity contribution in [2.24, 2.45) is 7.05 Å². The molecule has 37 heavy (non-hydrogen) atoms. The molecule has 4 rings (SSSR count). The lowest BCUT2D eigenvalue weighted by molar-refractivity contribution is 0.0206. The Kier molecular flexibility index (Phi) is 7.24. The number of benzene rings is 1. The van der Waals surface area contributed by atoms with Gasteiger partial charge in [0.25, 0.3) is 0 Å². The Labute approximate surface area is 220 Å². The molecule has 1 saturated heterocycles. The summed E-state index contributed by atoms with van der Waals surface area (Å²) in [6.45, 7) is 13.5. The van der Waals surface area contributed by atoms with Gasteiger partial charge < -0.3 is 24.6 Å². The molecule has 0 bridgehead atoms. The van der Waals surface area contributed by atoms with Crippen molar-refractivity contribution in [1.29, 1.82) is 0 Å². The van der Waals surface area contributed by atoms with Crippen molar-refractivity contribution in [2.75, 3.05) is 18.4 Å².